The third-order valence-corrected chi connectivity index (χ3v) is 3.34. The lowest BCUT2D eigenvalue weighted by Crippen LogP contribution is -2.16. The smallest absolute Gasteiger partial charge is 0.337 e. The second-order valence-corrected chi connectivity index (χ2v) is 4.86. The second kappa shape index (κ2) is 6.07. The monoisotopic (exact) mass is 331 g/mol. The number of benzene rings is 1. The summed E-state index contributed by atoms with van der Waals surface area (Å²) < 4.78 is 32.9. The van der Waals surface area contributed by atoms with Crippen molar-refractivity contribution < 1.29 is 23.1 Å². The number of esters is 1. The molecule has 6 nitrogen and oxygen atoms in total. The first-order valence-electron chi connectivity index (χ1n) is 6.81. The van der Waals surface area contributed by atoms with Crippen LogP contribution in [0.3, 0.4) is 0 Å². The van der Waals surface area contributed by atoms with Crippen LogP contribution in [0.2, 0.25) is 0 Å². The molecule has 0 atom stereocenters. The predicted molar refractivity (Wildman–Crippen MR) is 80.8 cm³/mol. The van der Waals surface area contributed by atoms with E-state index in [9.17, 15) is 18.4 Å². The number of hydrogen-bond acceptors (Lipinski definition) is 4. The number of anilines is 1. The number of methoxy groups -OCH3 is 1. The molecule has 0 aliphatic heterocycles. The van der Waals surface area contributed by atoms with E-state index in [-0.39, 0.29) is 22.6 Å². The number of nitrogens with one attached hydrogen (secondary N) is 1. The quantitative estimate of drug-likeness (QED) is 0.749. The largest absolute Gasteiger partial charge is 0.465 e. The van der Waals surface area contributed by atoms with Crippen molar-refractivity contribution in [3.05, 3.63) is 65.6 Å². The summed E-state index contributed by atoms with van der Waals surface area (Å²) in [6, 6.07) is 5.79. The van der Waals surface area contributed by atoms with E-state index in [4.69, 9.17) is 0 Å². The van der Waals surface area contributed by atoms with Gasteiger partial charge in [-0.2, -0.15) is 0 Å². The first kappa shape index (κ1) is 15.6. The number of carbonyl (C=O) groups excluding carboxylic acids is 2. The summed E-state index contributed by atoms with van der Waals surface area (Å²) in [5.74, 6) is -2.52. The van der Waals surface area contributed by atoms with Gasteiger partial charge in [-0.15, -0.1) is 0 Å². The van der Waals surface area contributed by atoms with Crippen LogP contribution in [0.15, 0.2) is 42.7 Å². The molecule has 3 rings (SSSR count). The van der Waals surface area contributed by atoms with Gasteiger partial charge in [-0.25, -0.2) is 18.6 Å². The van der Waals surface area contributed by atoms with Crippen molar-refractivity contribution in [2.75, 3.05) is 12.4 Å². The molecule has 0 bridgehead atoms. The third-order valence-electron chi connectivity index (χ3n) is 3.34. The maximum Gasteiger partial charge on any atom is 0.337 e. The molecular weight excluding hydrogens is 320 g/mol. The first-order chi connectivity index (χ1) is 11.5. The molecule has 8 heteroatoms. The van der Waals surface area contributed by atoms with Crippen LogP contribution in [-0.4, -0.2) is 28.4 Å². The fourth-order valence-corrected chi connectivity index (χ4v) is 2.18. The Morgan fingerprint density at radius 2 is 2.00 bits per heavy atom. The molecule has 3 aromatic rings. The summed E-state index contributed by atoms with van der Waals surface area (Å²) in [6.45, 7) is 0. The van der Waals surface area contributed by atoms with Crippen molar-refractivity contribution in [2.24, 2.45) is 0 Å². The van der Waals surface area contributed by atoms with Crippen LogP contribution in [0.5, 0.6) is 0 Å². The topological polar surface area (TPSA) is 72.7 Å². The van der Waals surface area contributed by atoms with Crippen LogP contribution in [0.1, 0.15) is 20.8 Å². The Bertz CT molecular complexity index is 953. The van der Waals surface area contributed by atoms with Crippen molar-refractivity contribution in [1.82, 2.24) is 9.38 Å². The maximum atomic E-state index is 13.9. The first-order valence-corrected chi connectivity index (χ1v) is 6.81. The molecule has 2 aromatic heterocycles. The van der Waals surface area contributed by atoms with Crippen molar-refractivity contribution in [3.8, 4) is 0 Å². The zero-order chi connectivity index (χ0) is 17.3. The number of carbonyl (C=O) groups is 2. The minimum absolute atomic E-state index is 0.0906. The number of nitrogens with zero attached hydrogens (tertiary/aromatic N) is 2. The zero-order valence-corrected chi connectivity index (χ0v) is 12.4. The Labute approximate surface area is 134 Å². The molecule has 0 saturated carbocycles. The molecule has 0 aliphatic rings. The van der Waals surface area contributed by atoms with Crippen molar-refractivity contribution >= 4 is 23.2 Å². The molecule has 1 aromatic carbocycles. The molecule has 1 N–H and O–H groups in total. The summed E-state index contributed by atoms with van der Waals surface area (Å²) in [6.07, 6.45) is 2.58. The zero-order valence-electron chi connectivity index (χ0n) is 12.4. The molecule has 1 amide bonds. The number of pyridine rings is 1. The van der Waals surface area contributed by atoms with Gasteiger partial charge in [0, 0.05) is 12.3 Å². The molecule has 2 heterocycles. The lowest BCUT2D eigenvalue weighted by molar-refractivity contribution is 0.0600. The van der Waals surface area contributed by atoms with Gasteiger partial charge < -0.3 is 10.1 Å². The summed E-state index contributed by atoms with van der Waals surface area (Å²) in [5, 5.41) is 2.36. The lowest BCUT2D eigenvalue weighted by atomic mass is 10.2. The fourth-order valence-electron chi connectivity index (χ4n) is 2.18. The van der Waals surface area contributed by atoms with E-state index < -0.39 is 23.5 Å². The normalized spacial score (nSPS) is 10.6. The lowest BCUT2D eigenvalue weighted by Gasteiger charge is -2.08. The van der Waals surface area contributed by atoms with Crippen molar-refractivity contribution in [1.29, 1.82) is 0 Å². The van der Waals surface area contributed by atoms with E-state index in [1.165, 1.54) is 42.1 Å². The average Bonchev–Trinajstić information content (AvgIpc) is 2.99. The highest BCUT2D eigenvalue weighted by atomic mass is 19.1. The van der Waals surface area contributed by atoms with Crippen LogP contribution in [0, 0.1) is 11.6 Å². The highest BCUT2D eigenvalue weighted by Gasteiger charge is 2.16. The molecule has 0 unspecified atom stereocenters. The van der Waals surface area contributed by atoms with E-state index in [1.54, 1.807) is 0 Å². The standard InChI is InChI=1S/C16H11F2N3O3/c1-24-16(23)9-2-3-11(18)12(6-9)20-15(22)13-8-19-14-7-10(17)4-5-21(13)14/h2-8H,1H3,(H,20,22). The molecule has 0 spiro atoms. The Kier molecular flexibility index (Phi) is 3.95. The minimum atomic E-state index is -0.712. The number of amides is 1. The Balaban J connectivity index is 1.93. The van der Waals surface area contributed by atoms with Gasteiger partial charge in [0.15, 0.2) is 0 Å². The number of ether oxygens (including phenoxy) is 1. The molecule has 122 valence electrons. The number of imidazole rings is 1. The maximum absolute atomic E-state index is 13.9. The van der Waals surface area contributed by atoms with Crippen molar-refractivity contribution in [2.45, 2.75) is 0 Å². The predicted octanol–water partition coefficient (Wildman–Crippen LogP) is 2.65. The molecule has 0 fully saturated rings. The number of rotatable bonds is 3. The summed E-state index contributed by atoms with van der Waals surface area (Å²) in [4.78, 5) is 27.7. The highest BCUT2D eigenvalue weighted by Crippen LogP contribution is 2.18. The van der Waals surface area contributed by atoms with Crippen LogP contribution in [-0.2, 0) is 4.74 Å². The van der Waals surface area contributed by atoms with E-state index >= 15 is 0 Å². The fraction of sp³-hybridized carbons (Fsp3) is 0.0625. The molecular formula is C16H11F2N3O3. The summed E-state index contributed by atoms with van der Waals surface area (Å²) >= 11 is 0. The number of fused-ring (bicyclic) bond motifs is 1. The van der Waals surface area contributed by atoms with Crippen LogP contribution < -0.4 is 5.32 Å². The van der Waals surface area contributed by atoms with Gasteiger partial charge in [0.05, 0.1) is 24.6 Å². The molecule has 0 radical (unpaired) electrons. The number of hydrogen-bond donors (Lipinski definition) is 1. The van der Waals surface area contributed by atoms with Crippen LogP contribution >= 0.6 is 0 Å². The van der Waals surface area contributed by atoms with Gasteiger partial charge in [0.1, 0.15) is 23.0 Å². The van der Waals surface area contributed by atoms with E-state index in [0.717, 1.165) is 12.1 Å². The Morgan fingerprint density at radius 1 is 1.21 bits per heavy atom. The van der Waals surface area contributed by atoms with Gasteiger partial charge in [0.2, 0.25) is 0 Å². The van der Waals surface area contributed by atoms with E-state index in [2.05, 4.69) is 15.0 Å². The van der Waals surface area contributed by atoms with E-state index in [1.807, 2.05) is 0 Å². The van der Waals surface area contributed by atoms with Gasteiger partial charge in [-0.05, 0) is 24.3 Å². The summed E-state index contributed by atoms with van der Waals surface area (Å²) in [5.41, 5.74) is 0.242. The molecule has 0 aliphatic carbocycles. The third kappa shape index (κ3) is 2.81. The number of halogens is 2. The summed E-state index contributed by atoms with van der Waals surface area (Å²) in [7, 11) is 1.20. The molecule has 24 heavy (non-hydrogen) atoms. The second-order valence-electron chi connectivity index (χ2n) is 4.86. The minimum Gasteiger partial charge on any atom is -0.465 e. The Morgan fingerprint density at radius 3 is 2.75 bits per heavy atom. The van der Waals surface area contributed by atoms with E-state index in [0.29, 0.717) is 0 Å². The number of aromatic nitrogens is 2. The Hall–Kier alpha value is -3.29. The van der Waals surface area contributed by atoms with Gasteiger partial charge >= 0.3 is 5.97 Å². The van der Waals surface area contributed by atoms with Crippen LogP contribution in [0.25, 0.3) is 5.65 Å². The van der Waals surface area contributed by atoms with Crippen LogP contribution in [0.4, 0.5) is 14.5 Å². The highest BCUT2D eigenvalue weighted by molar-refractivity contribution is 6.04. The average molecular weight is 331 g/mol. The van der Waals surface area contributed by atoms with Gasteiger partial charge in [-0.3, -0.25) is 9.20 Å². The van der Waals surface area contributed by atoms with Crippen molar-refractivity contribution in [3.63, 3.8) is 0 Å². The van der Waals surface area contributed by atoms with Gasteiger partial charge in [-0.1, -0.05) is 0 Å². The molecule has 0 saturated heterocycles. The SMILES string of the molecule is COC(=O)c1ccc(F)c(NC(=O)c2cnc3cc(F)ccn23)c1. The van der Waals surface area contributed by atoms with Gasteiger partial charge in [0.25, 0.3) is 5.91 Å².